The van der Waals surface area contributed by atoms with Crippen molar-refractivity contribution in [2.45, 2.75) is 82.9 Å². The molecule has 0 atom stereocenters. The summed E-state index contributed by atoms with van der Waals surface area (Å²) in [4.78, 5) is 19.6. The molecule has 0 spiro atoms. The van der Waals surface area contributed by atoms with Gasteiger partial charge in [-0.1, -0.05) is 49.9 Å². The van der Waals surface area contributed by atoms with Crippen molar-refractivity contribution in [3.8, 4) is 0 Å². The zero-order valence-corrected chi connectivity index (χ0v) is 19.1. The van der Waals surface area contributed by atoms with Crippen LogP contribution in [0.2, 0.25) is 0 Å². The fraction of sp³-hybridized carbons (Fsp3) is 0.545. The van der Waals surface area contributed by atoms with E-state index >= 15 is 0 Å². The zero-order valence-electron chi connectivity index (χ0n) is 18.3. The van der Waals surface area contributed by atoms with E-state index in [2.05, 4.69) is 61.9 Å². The molecule has 156 valence electrons. The van der Waals surface area contributed by atoms with Crippen LogP contribution in [-0.2, 0) is 27.9 Å². The number of aryl methyl sites for hydroxylation is 1. The van der Waals surface area contributed by atoms with Crippen molar-refractivity contribution in [3.63, 3.8) is 0 Å². The lowest BCUT2D eigenvalue weighted by atomic mass is 9.79. The second kappa shape index (κ2) is 8.66. The quantitative estimate of drug-likeness (QED) is 0.467. The van der Waals surface area contributed by atoms with Crippen LogP contribution >= 0.6 is 11.8 Å². The summed E-state index contributed by atoms with van der Waals surface area (Å²) in [5, 5.41) is 0.704. The Morgan fingerprint density at radius 3 is 2.31 bits per heavy atom. The van der Waals surface area contributed by atoms with Crippen LogP contribution in [0.3, 0.4) is 0 Å². The van der Waals surface area contributed by atoms with Crippen LogP contribution in [-0.4, -0.2) is 28.3 Å². The average molecular weight is 414 g/mol. The maximum atomic E-state index is 12.1. The highest BCUT2D eigenvalue weighted by Gasteiger charge is 2.51. The number of nitrogens with one attached hydrogen (secondary N) is 1. The Hall–Kier alpha value is -1.57. The molecule has 5 nitrogen and oxygen atoms in total. The van der Waals surface area contributed by atoms with Gasteiger partial charge < -0.3 is 14.3 Å². The molecule has 0 radical (unpaired) electrons. The summed E-state index contributed by atoms with van der Waals surface area (Å²) < 4.78 is 12.2. The number of aromatic nitrogens is 2. The van der Waals surface area contributed by atoms with Gasteiger partial charge >= 0.3 is 7.12 Å². The van der Waals surface area contributed by atoms with Crippen LogP contribution in [0.15, 0.2) is 34.2 Å². The van der Waals surface area contributed by atoms with Crippen molar-refractivity contribution in [3.05, 3.63) is 51.4 Å². The molecular weight excluding hydrogens is 383 g/mol. The Balaban J connectivity index is 0.00000117. The maximum Gasteiger partial charge on any atom is 0.494 e. The van der Waals surface area contributed by atoms with Gasteiger partial charge in [-0.15, -0.1) is 0 Å². The van der Waals surface area contributed by atoms with Crippen molar-refractivity contribution in [1.82, 2.24) is 9.97 Å². The number of rotatable bonds is 4. The first-order valence-electron chi connectivity index (χ1n) is 10.4. The zero-order chi connectivity index (χ0) is 21.2. The second-order valence-corrected chi connectivity index (χ2v) is 9.23. The largest absolute Gasteiger partial charge is 0.494 e. The summed E-state index contributed by atoms with van der Waals surface area (Å²) >= 11 is 1.56. The number of H-pyrrole nitrogens is 1. The van der Waals surface area contributed by atoms with Gasteiger partial charge in [0.15, 0.2) is 5.16 Å². The monoisotopic (exact) mass is 414 g/mol. The van der Waals surface area contributed by atoms with E-state index in [4.69, 9.17) is 9.31 Å². The first-order valence-corrected chi connectivity index (χ1v) is 11.4. The van der Waals surface area contributed by atoms with E-state index in [0.29, 0.717) is 5.16 Å². The molecule has 4 rings (SSSR count). The second-order valence-electron chi connectivity index (χ2n) is 8.27. The molecule has 2 aliphatic rings. The topological polar surface area (TPSA) is 64.2 Å². The Morgan fingerprint density at radius 2 is 1.69 bits per heavy atom. The molecule has 2 heterocycles. The molecule has 1 fully saturated rings. The molecule has 0 amide bonds. The standard InChI is InChI=1S/C20H25BN2O3S.C2H6/c1-19(2)20(3,4)26-21(25-19)14-10-8-13(9-11-14)12-27-18-22-16-7-5-6-15(16)17(24)23-18;1-2/h8-11H,5-7,12H2,1-4H3,(H,22,23,24);1-2H3. The van der Waals surface area contributed by atoms with E-state index < -0.39 is 0 Å². The lowest BCUT2D eigenvalue weighted by molar-refractivity contribution is 0.00578. The smallest absolute Gasteiger partial charge is 0.399 e. The summed E-state index contributed by atoms with van der Waals surface area (Å²) in [6.45, 7) is 12.2. The number of fused-ring (bicyclic) bond motifs is 1. The Kier molecular flexibility index (Phi) is 6.61. The fourth-order valence-corrected chi connectivity index (χ4v) is 4.22. The van der Waals surface area contributed by atoms with Gasteiger partial charge in [0.05, 0.1) is 16.9 Å². The van der Waals surface area contributed by atoms with Gasteiger partial charge in [0.25, 0.3) is 5.56 Å². The minimum Gasteiger partial charge on any atom is -0.399 e. The van der Waals surface area contributed by atoms with Crippen LogP contribution in [0.4, 0.5) is 0 Å². The van der Waals surface area contributed by atoms with E-state index in [1.54, 1.807) is 11.8 Å². The van der Waals surface area contributed by atoms with E-state index in [9.17, 15) is 4.79 Å². The van der Waals surface area contributed by atoms with Crippen molar-refractivity contribution in [2.75, 3.05) is 0 Å². The van der Waals surface area contributed by atoms with E-state index in [0.717, 1.165) is 41.7 Å². The summed E-state index contributed by atoms with van der Waals surface area (Å²) in [5.41, 5.74) is 3.38. The van der Waals surface area contributed by atoms with Gasteiger partial charge in [0, 0.05) is 11.3 Å². The number of aromatic amines is 1. The molecule has 1 aliphatic heterocycles. The number of benzene rings is 1. The van der Waals surface area contributed by atoms with E-state index in [1.165, 1.54) is 5.56 Å². The normalized spacial score (nSPS) is 18.9. The number of hydrogen-bond donors (Lipinski definition) is 1. The average Bonchev–Trinajstić information content (AvgIpc) is 3.24. The third kappa shape index (κ3) is 4.62. The third-order valence-corrected chi connectivity index (χ3v) is 6.74. The molecule has 0 saturated carbocycles. The molecule has 7 heteroatoms. The Labute approximate surface area is 178 Å². The molecule has 1 N–H and O–H groups in total. The molecule has 1 aliphatic carbocycles. The lowest BCUT2D eigenvalue weighted by Crippen LogP contribution is -2.41. The first-order chi connectivity index (χ1) is 13.7. The highest BCUT2D eigenvalue weighted by atomic mass is 32.2. The summed E-state index contributed by atoms with van der Waals surface area (Å²) in [6.07, 6.45) is 2.79. The fourth-order valence-electron chi connectivity index (χ4n) is 3.39. The highest BCUT2D eigenvalue weighted by Crippen LogP contribution is 2.36. The van der Waals surface area contributed by atoms with Crippen LogP contribution in [0.5, 0.6) is 0 Å². The molecule has 1 aromatic heterocycles. The van der Waals surface area contributed by atoms with Crippen LogP contribution < -0.4 is 11.0 Å². The molecule has 29 heavy (non-hydrogen) atoms. The van der Waals surface area contributed by atoms with Gasteiger partial charge in [-0.25, -0.2) is 4.98 Å². The van der Waals surface area contributed by atoms with Crippen molar-refractivity contribution < 1.29 is 9.31 Å². The molecular formula is C22H31BN2O3S. The molecule has 1 saturated heterocycles. The minimum absolute atomic E-state index is 0.0242. The van der Waals surface area contributed by atoms with Crippen molar-refractivity contribution in [1.29, 1.82) is 0 Å². The van der Waals surface area contributed by atoms with Crippen molar-refractivity contribution in [2.24, 2.45) is 0 Å². The first kappa shape index (κ1) is 22.1. The lowest BCUT2D eigenvalue weighted by Gasteiger charge is -2.32. The highest BCUT2D eigenvalue weighted by molar-refractivity contribution is 7.98. The number of hydrogen-bond acceptors (Lipinski definition) is 5. The molecule has 2 aromatic rings. The van der Waals surface area contributed by atoms with Crippen LogP contribution in [0, 0.1) is 0 Å². The van der Waals surface area contributed by atoms with Gasteiger partial charge in [0.1, 0.15) is 0 Å². The number of nitrogens with zero attached hydrogens (tertiary/aromatic N) is 1. The van der Waals surface area contributed by atoms with Crippen LogP contribution in [0.25, 0.3) is 0 Å². The van der Waals surface area contributed by atoms with Gasteiger partial charge in [-0.2, -0.15) is 0 Å². The predicted octanol–water partition coefficient (Wildman–Crippen LogP) is 3.88. The van der Waals surface area contributed by atoms with E-state index in [-0.39, 0.29) is 23.9 Å². The SMILES string of the molecule is CC.CC1(C)OB(c2ccc(CSc3nc4c(c(=O)[nH]3)CCC4)cc2)OC1(C)C. The van der Waals surface area contributed by atoms with Gasteiger partial charge in [0.2, 0.25) is 0 Å². The molecule has 0 unspecified atom stereocenters. The summed E-state index contributed by atoms with van der Waals surface area (Å²) in [6, 6.07) is 8.27. The summed E-state index contributed by atoms with van der Waals surface area (Å²) in [5.74, 6) is 0.755. The molecule has 1 aromatic carbocycles. The Bertz CT molecular complexity index is 893. The van der Waals surface area contributed by atoms with Crippen molar-refractivity contribution >= 4 is 24.3 Å². The minimum atomic E-state index is -0.341. The van der Waals surface area contributed by atoms with Crippen LogP contribution in [0.1, 0.15) is 64.8 Å². The van der Waals surface area contributed by atoms with Gasteiger partial charge in [-0.3, -0.25) is 4.79 Å². The molecule has 0 bridgehead atoms. The Morgan fingerprint density at radius 1 is 1.07 bits per heavy atom. The number of thioether (sulfide) groups is 1. The van der Waals surface area contributed by atoms with E-state index in [1.807, 2.05) is 13.8 Å². The summed E-state index contributed by atoms with van der Waals surface area (Å²) in [7, 11) is -0.341. The predicted molar refractivity (Wildman–Crippen MR) is 120 cm³/mol. The maximum absolute atomic E-state index is 12.1. The van der Waals surface area contributed by atoms with Gasteiger partial charge in [-0.05, 0) is 58.0 Å². The third-order valence-electron chi connectivity index (χ3n) is 5.80.